The van der Waals surface area contributed by atoms with Crippen molar-refractivity contribution in [2.75, 3.05) is 31.1 Å². The molecule has 1 aromatic rings. The Morgan fingerprint density at radius 2 is 2.11 bits per heavy atom. The zero-order valence-corrected chi connectivity index (χ0v) is 16.1. The van der Waals surface area contributed by atoms with Crippen molar-refractivity contribution in [3.05, 3.63) is 23.9 Å². The van der Waals surface area contributed by atoms with Crippen LogP contribution in [0.25, 0.3) is 0 Å². The maximum atomic E-state index is 13.3. The van der Waals surface area contributed by atoms with Gasteiger partial charge in [-0.05, 0) is 50.8 Å². The highest BCUT2D eigenvalue weighted by Gasteiger charge is 2.39. The van der Waals surface area contributed by atoms with Gasteiger partial charge in [-0.25, -0.2) is 4.98 Å². The third-order valence-electron chi connectivity index (χ3n) is 5.44. The van der Waals surface area contributed by atoms with Gasteiger partial charge in [0, 0.05) is 31.9 Å². The summed E-state index contributed by atoms with van der Waals surface area (Å²) in [4.78, 5) is 20.4. The van der Waals surface area contributed by atoms with Gasteiger partial charge in [0.05, 0.1) is 11.5 Å². The van der Waals surface area contributed by atoms with Gasteiger partial charge in [-0.2, -0.15) is 13.2 Å². The number of alkyl halides is 3. The lowest BCUT2D eigenvalue weighted by Gasteiger charge is -2.36. The van der Waals surface area contributed by atoms with Gasteiger partial charge >= 0.3 is 6.18 Å². The minimum atomic E-state index is -4.46. The van der Waals surface area contributed by atoms with E-state index in [1.165, 1.54) is 12.3 Å². The first-order chi connectivity index (χ1) is 12.3. The van der Waals surface area contributed by atoms with Crippen molar-refractivity contribution in [3.63, 3.8) is 0 Å². The minimum Gasteiger partial charge on any atom is -0.355 e. The molecule has 3 rings (SSSR count). The van der Waals surface area contributed by atoms with Gasteiger partial charge in [0.2, 0.25) is 5.91 Å². The molecule has 27 heavy (non-hydrogen) atoms. The van der Waals surface area contributed by atoms with Crippen LogP contribution in [-0.4, -0.2) is 48.0 Å². The van der Waals surface area contributed by atoms with Crippen LogP contribution in [0.15, 0.2) is 18.3 Å². The average molecular weight is 407 g/mol. The fourth-order valence-electron chi connectivity index (χ4n) is 4.10. The maximum absolute atomic E-state index is 13.3. The Morgan fingerprint density at radius 3 is 2.74 bits per heavy atom. The fourth-order valence-corrected chi connectivity index (χ4v) is 4.10. The minimum absolute atomic E-state index is 0. The molecule has 2 N–H and O–H groups in total. The number of halogens is 4. The lowest BCUT2D eigenvalue weighted by molar-refractivity contribution is -0.137. The normalized spacial score (nSPS) is 26.0. The summed E-state index contributed by atoms with van der Waals surface area (Å²) in [7, 11) is 0. The van der Waals surface area contributed by atoms with Crippen molar-refractivity contribution in [1.29, 1.82) is 0 Å². The Hall–Kier alpha value is -1.54. The number of aromatic nitrogens is 1. The molecule has 3 unspecified atom stereocenters. The summed E-state index contributed by atoms with van der Waals surface area (Å²) in [6.07, 6.45) is -0.841. The van der Waals surface area contributed by atoms with Gasteiger partial charge in [0.25, 0.3) is 0 Å². The Bertz CT molecular complexity index is 658. The summed E-state index contributed by atoms with van der Waals surface area (Å²) in [6, 6.07) is 2.46. The molecule has 1 amide bonds. The predicted octanol–water partition coefficient (Wildman–Crippen LogP) is 2.93. The first-order valence-electron chi connectivity index (χ1n) is 9.09. The standard InChI is InChI=1S/C18H25F3N4O.ClH/c1-12-8-13(9-22)10-25(12)17(26)14-4-3-7-24(11-14)16-15(18(19,20)21)5-2-6-23-16;/h2,5-6,12-14H,3-4,7-11,22H2,1H3;1H. The van der Waals surface area contributed by atoms with Crippen molar-refractivity contribution in [1.82, 2.24) is 9.88 Å². The van der Waals surface area contributed by atoms with Gasteiger partial charge in [-0.3, -0.25) is 4.79 Å². The van der Waals surface area contributed by atoms with E-state index in [2.05, 4.69) is 4.98 Å². The fraction of sp³-hybridized carbons (Fsp3) is 0.667. The molecular weight excluding hydrogens is 381 g/mol. The van der Waals surface area contributed by atoms with Crippen LogP contribution >= 0.6 is 12.4 Å². The Morgan fingerprint density at radius 1 is 1.37 bits per heavy atom. The summed E-state index contributed by atoms with van der Waals surface area (Å²) in [6.45, 7) is 3.95. The zero-order chi connectivity index (χ0) is 18.9. The van der Waals surface area contributed by atoms with E-state index in [0.717, 1.165) is 12.5 Å². The molecule has 2 aliphatic rings. The van der Waals surface area contributed by atoms with Gasteiger partial charge in [0.15, 0.2) is 0 Å². The molecule has 9 heteroatoms. The molecule has 2 saturated heterocycles. The van der Waals surface area contributed by atoms with Gasteiger partial charge < -0.3 is 15.5 Å². The summed E-state index contributed by atoms with van der Waals surface area (Å²) in [5.74, 6) is -0.0403. The molecule has 1 aromatic heterocycles. The first-order valence-corrected chi connectivity index (χ1v) is 9.09. The van der Waals surface area contributed by atoms with E-state index < -0.39 is 11.7 Å². The number of piperidine rings is 1. The predicted molar refractivity (Wildman–Crippen MR) is 99.8 cm³/mol. The number of carbonyl (C=O) groups excluding carboxylic acids is 1. The Labute approximate surface area is 163 Å². The van der Waals surface area contributed by atoms with E-state index in [-0.39, 0.29) is 42.6 Å². The Kier molecular flexibility index (Phi) is 6.97. The lowest BCUT2D eigenvalue weighted by atomic mass is 9.95. The van der Waals surface area contributed by atoms with Crippen molar-refractivity contribution >= 4 is 24.1 Å². The van der Waals surface area contributed by atoms with Gasteiger partial charge in [0.1, 0.15) is 5.82 Å². The first kappa shape index (κ1) is 21.8. The molecule has 3 atom stereocenters. The molecule has 2 aliphatic heterocycles. The van der Waals surface area contributed by atoms with Crippen LogP contribution in [0.4, 0.5) is 19.0 Å². The molecule has 3 heterocycles. The highest BCUT2D eigenvalue weighted by molar-refractivity contribution is 5.85. The largest absolute Gasteiger partial charge is 0.419 e. The molecule has 2 fully saturated rings. The number of hydrogen-bond donors (Lipinski definition) is 1. The van der Waals surface area contributed by atoms with Crippen molar-refractivity contribution in [2.45, 2.75) is 38.4 Å². The van der Waals surface area contributed by atoms with E-state index in [1.54, 1.807) is 4.90 Å². The molecule has 0 radical (unpaired) electrons. The third kappa shape index (κ3) is 4.66. The number of carbonyl (C=O) groups is 1. The van der Waals surface area contributed by atoms with Crippen LogP contribution in [0.1, 0.15) is 31.7 Å². The van der Waals surface area contributed by atoms with Crippen LogP contribution < -0.4 is 10.6 Å². The molecule has 152 valence electrons. The van der Waals surface area contributed by atoms with Crippen molar-refractivity contribution < 1.29 is 18.0 Å². The number of hydrogen-bond acceptors (Lipinski definition) is 4. The quantitative estimate of drug-likeness (QED) is 0.838. The topological polar surface area (TPSA) is 62.5 Å². The van der Waals surface area contributed by atoms with Crippen LogP contribution in [-0.2, 0) is 11.0 Å². The highest BCUT2D eigenvalue weighted by atomic mass is 35.5. The average Bonchev–Trinajstić information content (AvgIpc) is 3.01. The summed E-state index contributed by atoms with van der Waals surface area (Å²) >= 11 is 0. The lowest BCUT2D eigenvalue weighted by Crippen LogP contribution is -2.46. The van der Waals surface area contributed by atoms with Gasteiger partial charge in [-0.1, -0.05) is 0 Å². The second-order valence-electron chi connectivity index (χ2n) is 7.33. The van der Waals surface area contributed by atoms with E-state index in [1.807, 2.05) is 11.8 Å². The van der Waals surface area contributed by atoms with Crippen molar-refractivity contribution in [3.8, 4) is 0 Å². The number of likely N-dealkylation sites (tertiary alicyclic amines) is 1. The summed E-state index contributed by atoms with van der Waals surface area (Å²) in [5.41, 5.74) is 4.99. The maximum Gasteiger partial charge on any atom is 0.419 e. The van der Waals surface area contributed by atoms with Crippen LogP contribution in [0.5, 0.6) is 0 Å². The molecule has 0 aliphatic carbocycles. The zero-order valence-electron chi connectivity index (χ0n) is 15.3. The monoisotopic (exact) mass is 406 g/mol. The van der Waals surface area contributed by atoms with E-state index in [4.69, 9.17) is 5.73 Å². The second kappa shape index (κ2) is 8.65. The summed E-state index contributed by atoms with van der Waals surface area (Å²) < 4.78 is 39.9. The molecule has 0 saturated carbocycles. The molecular formula is C18H26ClF3N4O. The van der Waals surface area contributed by atoms with Crippen LogP contribution in [0.2, 0.25) is 0 Å². The smallest absolute Gasteiger partial charge is 0.355 e. The third-order valence-corrected chi connectivity index (χ3v) is 5.44. The van der Waals surface area contributed by atoms with Crippen LogP contribution in [0, 0.1) is 11.8 Å². The Balaban J connectivity index is 0.00000261. The van der Waals surface area contributed by atoms with E-state index in [0.29, 0.717) is 38.4 Å². The van der Waals surface area contributed by atoms with E-state index >= 15 is 0 Å². The molecule has 5 nitrogen and oxygen atoms in total. The molecule has 0 bridgehead atoms. The second-order valence-corrected chi connectivity index (χ2v) is 7.33. The number of anilines is 1. The highest BCUT2D eigenvalue weighted by Crippen LogP contribution is 2.37. The summed E-state index contributed by atoms with van der Waals surface area (Å²) in [5, 5.41) is 0. The van der Waals surface area contributed by atoms with Gasteiger partial charge in [-0.15, -0.1) is 12.4 Å². The number of rotatable bonds is 3. The number of nitrogens with zero attached hydrogens (tertiary/aromatic N) is 3. The molecule has 0 aromatic carbocycles. The molecule has 0 spiro atoms. The van der Waals surface area contributed by atoms with Crippen LogP contribution in [0.3, 0.4) is 0 Å². The SMILES string of the molecule is CC1CC(CN)CN1C(=O)C1CCCN(c2ncccc2C(F)(F)F)C1.Cl. The number of amides is 1. The van der Waals surface area contributed by atoms with E-state index in [9.17, 15) is 18.0 Å². The van der Waals surface area contributed by atoms with Crippen molar-refractivity contribution in [2.24, 2.45) is 17.6 Å². The number of pyridine rings is 1. The number of nitrogens with two attached hydrogens (primary N) is 1.